The SMILES string of the molecule is O=C(NCC1CCNCC1)c1cc2c(N3c4ccccc4C[C@H]3CO)ncnc2s1. The Labute approximate surface area is 179 Å². The van der Waals surface area contributed by atoms with Crippen LogP contribution in [0.15, 0.2) is 36.7 Å². The molecule has 0 radical (unpaired) electrons. The lowest BCUT2D eigenvalue weighted by Crippen LogP contribution is -2.35. The molecule has 3 N–H and O–H groups in total. The van der Waals surface area contributed by atoms with Crippen molar-refractivity contribution in [1.82, 2.24) is 20.6 Å². The number of rotatable bonds is 5. The fourth-order valence-electron chi connectivity index (χ4n) is 4.45. The summed E-state index contributed by atoms with van der Waals surface area (Å²) in [6.45, 7) is 2.78. The molecule has 1 amide bonds. The molecule has 2 aliphatic rings. The number of thiophene rings is 1. The van der Waals surface area contributed by atoms with Crippen molar-refractivity contribution in [1.29, 1.82) is 0 Å². The molecule has 0 aliphatic carbocycles. The number of aliphatic hydroxyl groups excluding tert-OH is 1. The lowest BCUT2D eigenvalue weighted by atomic mass is 9.98. The second-order valence-corrected chi connectivity index (χ2v) is 9.00. The number of anilines is 2. The van der Waals surface area contributed by atoms with E-state index in [1.165, 1.54) is 16.9 Å². The second kappa shape index (κ2) is 8.29. The molecule has 4 heterocycles. The van der Waals surface area contributed by atoms with Crippen molar-refractivity contribution in [3.8, 4) is 0 Å². The molecule has 156 valence electrons. The fourth-order valence-corrected chi connectivity index (χ4v) is 5.36. The number of nitrogens with one attached hydrogen (secondary N) is 2. The predicted octanol–water partition coefficient (Wildman–Crippen LogP) is 2.48. The van der Waals surface area contributed by atoms with Gasteiger partial charge in [0.2, 0.25) is 0 Å². The number of carbonyl (C=O) groups is 1. The van der Waals surface area contributed by atoms with Gasteiger partial charge in [-0.2, -0.15) is 0 Å². The summed E-state index contributed by atoms with van der Waals surface area (Å²) >= 11 is 1.39. The molecule has 30 heavy (non-hydrogen) atoms. The van der Waals surface area contributed by atoms with E-state index < -0.39 is 0 Å². The van der Waals surface area contributed by atoms with Gasteiger partial charge in [0.15, 0.2) is 0 Å². The summed E-state index contributed by atoms with van der Waals surface area (Å²) in [5, 5.41) is 17.3. The van der Waals surface area contributed by atoms with E-state index in [0.717, 1.165) is 54.1 Å². The van der Waals surface area contributed by atoms with E-state index in [2.05, 4.69) is 37.6 Å². The lowest BCUT2D eigenvalue weighted by molar-refractivity contribution is 0.0948. The maximum Gasteiger partial charge on any atom is 0.261 e. The van der Waals surface area contributed by atoms with Crippen LogP contribution in [-0.4, -0.2) is 53.3 Å². The molecule has 2 aromatic heterocycles. The quantitative estimate of drug-likeness (QED) is 0.584. The Kier molecular flexibility index (Phi) is 5.37. The summed E-state index contributed by atoms with van der Waals surface area (Å²) in [4.78, 5) is 25.3. The van der Waals surface area contributed by atoms with E-state index in [9.17, 15) is 9.90 Å². The van der Waals surface area contributed by atoms with Gasteiger partial charge in [-0.3, -0.25) is 4.79 Å². The summed E-state index contributed by atoms with van der Waals surface area (Å²) in [5.74, 6) is 1.23. The maximum atomic E-state index is 12.8. The summed E-state index contributed by atoms with van der Waals surface area (Å²) in [5.41, 5.74) is 2.25. The molecule has 5 rings (SSSR count). The zero-order chi connectivity index (χ0) is 20.5. The highest BCUT2D eigenvalue weighted by Gasteiger charge is 2.32. The summed E-state index contributed by atoms with van der Waals surface area (Å²) in [6, 6.07) is 9.97. The minimum absolute atomic E-state index is 0.0356. The Hall–Kier alpha value is -2.55. The molecule has 1 fully saturated rings. The Morgan fingerprint density at radius 1 is 1.27 bits per heavy atom. The summed E-state index contributed by atoms with van der Waals surface area (Å²) in [6.07, 6.45) is 4.50. The van der Waals surface area contributed by atoms with Crippen molar-refractivity contribution in [2.45, 2.75) is 25.3 Å². The third kappa shape index (κ3) is 3.55. The molecule has 1 aromatic carbocycles. The number of para-hydroxylation sites is 1. The van der Waals surface area contributed by atoms with Crippen LogP contribution in [0.2, 0.25) is 0 Å². The van der Waals surface area contributed by atoms with E-state index in [-0.39, 0.29) is 18.6 Å². The molecule has 0 unspecified atom stereocenters. The van der Waals surface area contributed by atoms with Crippen LogP contribution < -0.4 is 15.5 Å². The van der Waals surface area contributed by atoms with Gasteiger partial charge in [-0.15, -0.1) is 11.3 Å². The van der Waals surface area contributed by atoms with Crippen molar-refractivity contribution in [3.05, 3.63) is 47.1 Å². The van der Waals surface area contributed by atoms with Crippen LogP contribution in [0.3, 0.4) is 0 Å². The number of piperidine rings is 1. The van der Waals surface area contributed by atoms with Crippen LogP contribution in [0.25, 0.3) is 10.2 Å². The normalized spacial score (nSPS) is 19.2. The molecule has 1 saturated heterocycles. The monoisotopic (exact) mass is 423 g/mol. The number of nitrogens with zero attached hydrogens (tertiary/aromatic N) is 3. The molecule has 1 atom stereocenters. The third-order valence-electron chi connectivity index (χ3n) is 6.05. The van der Waals surface area contributed by atoms with Gasteiger partial charge in [0, 0.05) is 12.2 Å². The van der Waals surface area contributed by atoms with Crippen molar-refractivity contribution < 1.29 is 9.90 Å². The van der Waals surface area contributed by atoms with E-state index in [4.69, 9.17) is 0 Å². The first-order chi connectivity index (χ1) is 14.7. The van der Waals surface area contributed by atoms with E-state index in [1.807, 2.05) is 18.2 Å². The Morgan fingerprint density at radius 3 is 2.93 bits per heavy atom. The van der Waals surface area contributed by atoms with Gasteiger partial charge >= 0.3 is 0 Å². The topological polar surface area (TPSA) is 90.4 Å². The summed E-state index contributed by atoms with van der Waals surface area (Å²) < 4.78 is 0. The number of fused-ring (bicyclic) bond motifs is 2. The van der Waals surface area contributed by atoms with Crippen LogP contribution in [0.1, 0.15) is 28.1 Å². The van der Waals surface area contributed by atoms with E-state index in [0.29, 0.717) is 17.3 Å². The number of hydrogen-bond acceptors (Lipinski definition) is 7. The highest BCUT2D eigenvalue weighted by atomic mass is 32.1. The smallest absolute Gasteiger partial charge is 0.261 e. The van der Waals surface area contributed by atoms with Crippen molar-refractivity contribution in [2.24, 2.45) is 5.92 Å². The zero-order valence-electron chi connectivity index (χ0n) is 16.7. The highest BCUT2D eigenvalue weighted by Crippen LogP contribution is 2.41. The van der Waals surface area contributed by atoms with E-state index in [1.54, 1.807) is 6.33 Å². The van der Waals surface area contributed by atoms with Crippen LogP contribution in [-0.2, 0) is 6.42 Å². The Morgan fingerprint density at radius 2 is 2.10 bits per heavy atom. The average Bonchev–Trinajstić information content (AvgIpc) is 3.39. The molecule has 0 saturated carbocycles. The molecule has 7 nitrogen and oxygen atoms in total. The first-order valence-corrected chi connectivity index (χ1v) is 11.3. The van der Waals surface area contributed by atoms with Gasteiger partial charge in [-0.25, -0.2) is 9.97 Å². The van der Waals surface area contributed by atoms with Gasteiger partial charge in [0.05, 0.1) is 22.9 Å². The molecule has 2 aliphatic heterocycles. The lowest BCUT2D eigenvalue weighted by Gasteiger charge is -2.25. The standard InChI is InChI=1S/C22H25N5O2S/c28-12-16-9-15-3-1-2-4-18(15)27(16)20-17-10-19(30-22(17)26-13-25-20)21(29)24-11-14-5-7-23-8-6-14/h1-4,10,13-14,16,23,28H,5-9,11-12H2,(H,24,29)/t16-/m0/s1. The van der Waals surface area contributed by atoms with Gasteiger partial charge in [0.1, 0.15) is 17.0 Å². The third-order valence-corrected chi connectivity index (χ3v) is 7.09. The van der Waals surface area contributed by atoms with Crippen molar-refractivity contribution in [2.75, 3.05) is 31.1 Å². The van der Waals surface area contributed by atoms with E-state index >= 15 is 0 Å². The molecule has 3 aromatic rings. The van der Waals surface area contributed by atoms with Crippen LogP contribution in [0, 0.1) is 5.92 Å². The van der Waals surface area contributed by atoms with Crippen LogP contribution in [0.5, 0.6) is 0 Å². The Balaban J connectivity index is 1.43. The van der Waals surface area contributed by atoms with Gasteiger partial charge in [-0.05, 0) is 56.0 Å². The predicted molar refractivity (Wildman–Crippen MR) is 119 cm³/mol. The minimum Gasteiger partial charge on any atom is -0.394 e. The number of carbonyl (C=O) groups excluding carboxylic acids is 1. The van der Waals surface area contributed by atoms with Gasteiger partial charge in [-0.1, -0.05) is 18.2 Å². The van der Waals surface area contributed by atoms with Crippen molar-refractivity contribution in [3.63, 3.8) is 0 Å². The number of amides is 1. The first-order valence-electron chi connectivity index (χ1n) is 10.5. The van der Waals surface area contributed by atoms with Crippen LogP contribution >= 0.6 is 11.3 Å². The molecule has 0 spiro atoms. The van der Waals surface area contributed by atoms with Gasteiger partial charge in [0.25, 0.3) is 5.91 Å². The van der Waals surface area contributed by atoms with Crippen molar-refractivity contribution >= 4 is 39.0 Å². The average molecular weight is 424 g/mol. The first kappa shape index (κ1) is 19.4. The number of benzene rings is 1. The molecule has 0 bridgehead atoms. The molecular formula is C22H25N5O2S. The largest absolute Gasteiger partial charge is 0.394 e. The maximum absolute atomic E-state index is 12.8. The Bertz CT molecular complexity index is 1060. The minimum atomic E-state index is -0.0717. The number of aliphatic hydroxyl groups is 1. The molecular weight excluding hydrogens is 398 g/mol. The zero-order valence-corrected chi connectivity index (χ0v) is 17.5. The molecule has 8 heteroatoms. The fraction of sp³-hybridized carbons (Fsp3) is 0.409. The van der Waals surface area contributed by atoms with Gasteiger partial charge < -0.3 is 20.6 Å². The number of hydrogen-bond donors (Lipinski definition) is 3. The summed E-state index contributed by atoms with van der Waals surface area (Å²) in [7, 11) is 0. The van der Waals surface area contributed by atoms with Crippen LogP contribution in [0.4, 0.5) is 11.5 Å². The second-order valence-electron chi connectivity index (χ2n) is 7.97. The number of aromatic nitrogens is 2. The highest BCUT2D eigenvalue weighted by molar-refractivity contribution is 7.20.